The van der Waals surface area contributed by atoms with Gasteiger partial charge in [0.15, 0.2) is 0 Å². The molecule has 0 aliphatic carbocycles. The molecular weight excluding hydrogens is 298 g/mol. The zero-order valence-corrected chi connectivity index (χ0v) is 15.0. The van der Waals surface area contributed by atoms with Crippen molar-refractivity contribution in [2.24, 2.45) is 0 Å². The smallest absolute Gasteiger partial charge is 0.308 e. The SMILES string of the molecule is C[C@H](NC(CC(=O)OC(C)(C)C)c1ccccc1)c1ccccc1. The van der Waals surface area contributed by atoms with Crippen molar-refractivity contribution >= 4 is 5.97 Å². The van der Waals surface area contributed by atoms with Crippen LogP contribution in [0.4, 0.5) is 0 Å². The van der Waals surface area contributed by atoms with E-state index in [1.807, 2.05) is 69.3 Å². The van der Waals surface area contributed by atoms with Crippen molar-refractivity contribution in [1.29, 1.82) is 0 Å². The van der Waals surface area contributed by atoms with Crippen LogP contribution in [0.2, 0.25) is 0 Å². The molecule has 0 saturated carbocycles. The third-order valence-electron chi connectivity index (χ3n) is 3.74. The highest BCUT2D eigenvalue weighted by Gasteiger charge is 2.23. The third-order valence-corrected chi connectivity index (χ3v) is 3.74. The molecule has 1 N–H and O–H groups in total. The molecule has 0 bridgehead atoms. The Labute approximate surface area is 145 Å². The van der Waals surface area contributed by atoms with Crippen LogP contribution in [-0.2, 0) is 9.53 Å². The molecule has 0 aromatic heterocycles. The van der Waals surface area contributed by atoms with E-state index in [1.54, 1.807) is 0 Å². The topological polar surface area (TPSA) is 38.3 Å². The van der Waals surface area contributed by atoms with Crippen LogP contribution in [-0.4, -0.2) is 11.6 Å². The van der Waals surface area contributed by atoms with Gasteiger partial charge in [-0.25, -0.2) is 0 Å². The fourth-order valence-electron chi connectivity index (χ4n) is 2.65. The first kappa shape index (κ1) is 18.2. The molecule has 0 radical (unpaired) electrons. The Bertz CT molecular complexity index is 632. The lowest BCUT2D eigenvalue weighted by atomic mass is 10.0. The van der Waals surface area contributed by atoms with Crippen molar-refractivity contribution in [3.05, 3.63) is 71.8 Å². The van der Waals surface area contributed by atoms with E-state index in [4.69, 9.17) is 4.74 Å². The number of hydrogen-bond donors (Lipinski definition) is 1. The first-order valence-electron chi connectivity index (χ1n) is 8.43. The second-order valence-electron chi connectivity index (χ2n) is 7.05. The van der Waals surface area contributed by atoms with Crippen LogP contribution in [0.15, 0.2) is 60.7 Å². The maximum absolute atomic E-state index is 12.3. The minimum atomic E-state index is -0.469. The number of esters is 1. The Morgan fingerprint density at radius 2 is 1.46 bits per heavy atom. The normalized spacial score (nSPS) is 14.0. The average molecular weight is 325 g/mol. The lowest BCUT2D eigenvalue weighted by Crippen LogP contribution is -2.30. The predicted molar refractivity (Wildman–Crippen MR) is 97.6 cm³/mol. The third kappa shape index (κ3) is 5.82. The predicted octanol–water partition coefficient (Wildman–Crippen LogP) is 4.81. The molecule has 0 aliphatic heterocycles. The highest BCUT2D eigenvalue weighted by atomic mass is 16.6. The summed E-state index contributed by atoms with van der Waals surface area (Å²) < 4.78 is 5.50. The molecular formula is C21H27NO2. The zero-order chi connectivity index (χ0) is 17.6. The first-order valence-corrected chi connectivity index (χ1v) is 8.43. The van der Waals surface area contributed by atoms with Gasteiger partial charge in [-0.15, -0.1) is 0 Å². The number of carbonyl (C=O) groups is 1. The van der Waals surface area contributed by atoms with E-state index in [9.17, 15) is 4.79 Å². The number of ether oxygens (including phenoxy) is 1. The summed E-state index contributed by atoms with van der Waals surface area (Å²) in [4.78, 5) is 12.3. The highest BCUT2D eigenvalue weighted by Crippen LogP contribution is 2.23. The number of carbonyl (C=O) groups excluding carboxylic acids is 1. The summed E-state index contributed by atoms with van der Waals surface area (Å²) in [5, 5.41) is 3.57. The Hall–Kier alpha value is -2.13. The minimum Gasteiger partial charge on any atom is -0.460 e. The zero-order valence-electron chi connectivity index (χ0n) is 15.0. The molecule has 2 aromatic carbocycles. The van der Waals surface area contributed by atoms with Gasteiger partial charge in [0.2, 0.25) is 0 Å². The molecule has 0 spiro atoms. The van der Waals surface area contributed by atoms with Gasteiger partial charge in [0.1, 0.15) is 5.60 Å². The van der Waals surface area contributed by atoms with Gasteiger partial charge in [0, 0.05) is 12.1 Å². The number of hydrogen-bond acceptors (Lipinski definition) is 3. The van der Waals surface area contributed by atoms with Crippen LogP contribution in [0, 0.1) is 0 Å². The van der Waals surface area contributed by atoms with E-state index < -0.39 is 5.60 Å². The second-order valence-corrected chi connectivity index (χ2v) is 7.05. The average Bonchev–Trinajstić information content (AvgIpc) is 2.54. The molecule has 0 saturated heterocycles. The molecule has 3 nitrogen and oxygen atoms in total. The van der Waals surface area contributed by atoms with Crippen molar-refractivity contribution in [3.8, 4) is 0 Å². The molecule has 0 aliphatic rings. The number of rotatable bonds is 6. The van der Waals surface area contributed by atoms with Gasteiger partial charge in [-0.3, -0.25) is 4.79 Å². The molecule has 2 atom stereocenters. The van der Waals surface area contributed by atoms with Gasteiger partial charge in [0.05, 0.1) is 6.42 Å². The lowest BCUT2D eigenvalue weighted by molar-refractivity contribution is -0.155. The van der Waals surface area contributed by atoms with Crippen LogP contribution in [0.25, 0.3) is 0 Å². The molecule has 128 valence electrons. The Kier molecular flexibility index (Phi) is 6.16. The van der Waals surface area contributed by atoms with Crippen molar-refractivity contribution in [3.63, 3.8) is 0 Å². The van der Waals surface area contributed by atoms with Crippen molar-refractivity contribution in [1.82, 2.24) is 5.32 Å². The summed E-state index contributed by atoms with van der Waals surface area (Å²) in [6, 6.07) is 20.3. The van der Waals surface area contributed by atoms with Crippen LogP contribution in [0.1, 0.15) is 57.3 Å². The van der Waals surface area contributed by atoms with Crippen LogP contribution >= 0.6 is 0 Å². The van der Waals surface area contributed by atoms with Gasteiger partial charge < -0.3 is 10.1 Å². The van der Waals surface area contributed by atoms with Crippen LogP contribution in [0.5, 0.6) is 0 Å². The first-order chi connectivity index (χ1) is 11.3. The largest absolute Gasteiger partial charge is 0.460 e. The summed E-state index contributed by atoms with van der Waals surface area (Å²) in [5.74, 6) is -0.191. The van der Waals surface area contributed by atoms with E-state index in [-0.39, 0.29) is 18.1 Å². The lowest BCUT2D eigenvalue weighted by Gasteiger charge is -2.26. The Morgan fingerprint density at radius 1 is 0.958 bits per heavy atom. The van der Waals surface area contributed by atoms with Gasteiger partial charge in [-0.1, -0.05) is 60.7 Å². The summed E-state index contributed by atoms with van der Waals surface area (Å²) in [6.45, 7) is 7.79. The fourth-order valence-corrected chi connectivity index (χ4v) is 2.65. The Morgan fingerprint density at radius 3 is 1.96 bits per heavy atom. The summed E-state index contributed by atoms with van der Waals surface area (Å²) in [7, 11) is 0. The summed E-state index contributed by atoms with van der Waals surface area (Å²) >= 11 is 0. The monoisotopic (exact) mass is 325 g/mol. The number of nitrogens with one attached hydrogen (secondary N) is 1. The molecule has 24 heavy (non-hydrogen) atoms. The highest BCUT2D eigenvalue weighted by molar-refractivity contribution is 5.71. The van der Waals surface area contributed by atoms with Gasteiger partial charge in [-0.05, 0) is 38.8 Å². The van der Waals surface area contributed by atoms with Crippen molar-refractivity contribution in [2.45, 2.75) is 51.8 Å². The minimum absolute atomic E-state index is 0.0868. The van der Waals surface area contributed by atoms with E-state index in [1.165, 1.54) is 5.56 Å². The number of benzene rings is 2. The molecule has 3 heteroatoms. The Balaban J connectivity index is 2.13. The van der Waals surface area contributed by atoms with Gasteiger partial charge in [-0.2, -0.15) is 0 Å². The maximum Gasteiger partial charge on any atom is 0.308 e. The maximum atomic E-state index is 12.3. The molecule has 1 unspecified atom stereocenters. The van der Waals surface area contributed by atoms with Crippen LogP contribution < -0.4 is 5.32 Å². The van der Waals surface area contributed by atoms with E-state index in [0.717, 1.165) is 5.56 Å². The van der Waals surface area contributed by atoms with Crippen molar-refractivity contribution < 1.29 is 9.53 Å². The molecule has 0 heterocycles. The molecule has 0 amide bonds. The van der Waals surface area contributed by atoms with E-state index in [2.05, 4.69) is 24.4 Å². The molecule has 0 fully saturated rings. The van der Waals surface area contributed by atoms with Crippen LogP contribution in [0.3, 0.4) is 0 Å². The van der Waals surface area contributed by atoms with E-state index in [0.29, 0.717) is 6.42 Å². The molecule has 2 aromatic rings. The standard InChI is InChI=1S/C21H27NO2/c1-16(17-11-7-5-8-12-17)22-19(18-13-9-6-10-14-18)15-20(23)24-21(2,3)4/h5-14,16,19,22H,15H2,1-4H3/t16-,19?/m0/s1. The summed E-state index contributed by atoms with van der Waals surface area (Å²) in [6.07, 6.45) is 0.304. The summed E-state index contributed by atoms with van der Waals surface area (Å²) in [5.41, 5.74) is 1.82. The van der Waals surface area contributed by atoms with Gasteiger partial charge >= 0.3 is 5.97 Å². The molecule has 2 rings (SSSR count). The quantitative estimate of drug-likeness (QED) is 0.775. The van der Waals surface area contributed by atoms with Gasteiger partial charge in [0.25, 0.3) is 0 Å². The second kappa shape index (κ2) is 8.11. The van der Waals surface area contributed by atoms with Crippen molar-refractivity contribution in [2.75, 3.05) is 0 Å². The fraction of sp³-hybridized carbons (Fsp3) is 0.381. The van der Waals surface area contributed by atoms with E-state index >= 15 is 0 Å².